The minimum Gasteiger partial charge on any atom is -0.463 e. The molecule has 0 aliphatic carbocycles. The van der Waals surface area contributed by atoms with E-state index in [1.165, 1.54) is 0 Å². The molecule has 3 rings (SSSR count). The Bertz CT molecular complexity index is 1170. The highest BCUT2D eigenvalue weighted by Gasteiger charge is 2.35. The predicted octanol–water partition coefficient (Wildman–Crippen LogP) is 3.78. The molecule has 31 heavy (non-hydrogen) atoms. The summed E-state index contributed by atoms with van der Waals surface area (Å²) in [6.07, 6.45) is 0. The van der Waals surface area contributed by atoms with Crippen LogP contribution >= 0.6 is 23.2 Å². The highest BCUT2D eigenvalue weighted by molar-refractivity contribution is 7.91. The average molecular weight is 487 g/mol. The molecule has 1 atom stereocenters. The smallest absolute Gasteiger partial charge is 0.338 e. The first kappa shape index (κ1) is 23.1. The van der Waals surface area contributed by atoms with Gasteiger partial charge in [-0.25, -0.2) is 22.4 Å². The molecule has 1 aliphatic rings. The lowest BCUT2D eigenvalue weighted by Gasteiger charge is -2.29. The molecule has 7 nitrogen and oxygen atoms in total. The number of hydrogen-bond donors (Lipinski definition) is 2. The fourth-order valence-electron chi connectivity index (χ4n) is 3.03. The molecule has 1 aliphatic heterocycles. The van der Waals surface area contributed by atoms with Crippen molar-refractivity contribution in [1.29, 1.82) is 0 Å². The number of halogens is 3. The first-order valence-electron chi connectivity index (χ1n) is 9.03. The summed E-state index contributed by atoms with van der Waals surface area (Å²) in [5.41, 5.74) is 0.283. The molecule has 2 aromatic carbocycles. The van der Waals surface area contributed by atoms with E-state index in [1.54, 1.807) is 31.2 Å². The number of benzene rings is 2. The zero-order chi connectivity index (χ0) is 22.8. The number of hydrogen-bond acceptors (Lipinski definition) is 5. The van der Waals surface area contributed by atoms with Gasteiger partial charge in [0.25, 0.3) is 0 Å². The molecule has 0 bridgehead atoms. The van der Waals surface area contributed by atoms with Crippen molar-refractivity contribution < 1.29 is 27.1 Å². The van der Waals surface area contributed by atoms with E-state index in [0.717, 1.165) is 18.2 Å². The summed E-state index contributed by atoms with van der Waals surface area (Å²) in [7, 11) is -4.10. The van der Waals surface area contributed by atoms with Crippen LogP contribution in [0.4, 0.5) is 9.18 Å². The summed E-state index contributed by atoms with van der Waals surface area (Å²) in [6.45, 7) is 1.64. The van der Waals surface area contributed by atoms with E-state index in [0.29, 0.717) is 10.6 Å². The predicted molar refractivity (Wildman–Crippen MR) is 113 cm³/mol. The zero-order valence-electron chi connectivity index (χ0n) is 16.1. The second-order valence-corrected chi connectivity index (χ2v) is 9.36. The van der Waals surface area contributed by atoms with Gasteiger partial charge in [0.2, 0.25) is 0 Å². The van der Waals surface area contributed by atoms with Gasteiger partial charge in [0.1, 0.15) is 5.82 Å². The van der Waals surface area contributed by atoms with Crippen molar-refractivity contribution in [3.8, 4) is 0 Å². The zero-order valence-corrected chi connectivity index (χ0v) is 18.4. The number of esters is 1. The first-order chi connectivity index (χ1) is 14.6. The molecule has 0 radical (unpaired) electrons. The van der Waals surface area contributed by atoms with Gasteiger partial charge >= 0.3 is 12.0 Å². The lowest BCUT2D eigenvalue weighted by Crippen LogP contribution is -2.47. The van der Waals surface area contributed by atoms with E-state index in [2.05, 4.69) is 10.6 Å². The maximum atomic E-state index is 13.4. The quantitative estimate of drug-likeness (QED) is 0.477. The maximum absolute atomic E-state index is 13.4. The average Bonchev–Trinajstić information content (AvgIpc) is 2.70. The highest BCUT2D eigenvalue weighted by atomic mass is 35.5. The van der Waals surface area contributed by atoms with Crippen LogP contribution in [-0.4, -0.2) is 32.8 Å². The summed E-state index contributed by atoms with van der Waals surface area (Å²) >= 11 is 11.6. The van der Waals surface area contributed by atoms with Gasteiger partial charge in [0.15, 0.2) is 9.84 Å². The monoisotopic (exact) mass is 486 g/mol. The Morgan fingerprint density at radius 2 is 1.84 bits per heavy atom. The fraction of sp³-hybridized carbons (Fsp3) is 0.200. The molecule has 0 saturated heterocycles. The van der Waals surface area contributed by atoms with Crippen LogP contribution in [0.15, 0.2) is 58.6 Å². The lowest BCUT2D eigenvalue weighted by atomic mass is 9.95. The van der Waals surface area contributed by atoms with Gasteiger partial charge in [-0.15, -0.1) is 0 Å². The van der Waals surface area contributed by atoms with Crippen molar-refractivity contribution in [3.05, 3.63) is 75.2 Å². The Labute approximate surface area is 188 Å². The van der Waals surface area contributed by atoms with Crippen molar-refractivity contribution in [3.63, 3.8) is 0 Å². The molecule has 2 amide bonds. The van der Waals surface area contributed by atoms with E-state index in [9.17, 15) is 22.4 Å². The Balaban J connectivity index is 2.10. The largest absolute Gasteiger partial charge is 0.463 e. The second kappa shape index (κ2) is 9.25. The third-order valence-electron chi connectivity index (χ3n) is 4.44. The highest BCUT2D eigenvalue weighted by Crippen LogP contribution is 2.30. The van der Waals surface area contributed by atoms with Crippen molar-refractivity contribution in [2.24, 2.45) is 0 Å². The van der Waals surface area contributed by atoms with Crippen LogP contribution in [-0.2, 0) is 19.4 Å². The molecule has 2 N–H and O–H groups in total. The SMILES string of the molecule is CCOC(=O)C1=C(CS(=O)(=O)c2ccc(F)c(Cl)c2)NC(=O)N[C@H]1c1ccc(Cl)cc1. The number of carbonyl (C=O) groups excluding carboxylic acids is 2. The van der Waals surface area contributed by atoms with Gasteiger partial charge in [-0.05, 0) is 42.8 Å². The van der Waals surface area contributed by atoms with E-state index in [4.69, 9.17) is 27.9 Å². The van der Waals surface area contributed by atoms with Gasteiger partial charge in [-0.3, -0.25) is 0 Å². The molecule has 2 aromatic rings. The topological polar surface area (TPSA) is 102 Å². The maximum Gasteiger partial charge on any atom is 0.338 e. The van der Waals surface area contributed by atoms with E-state index >= 15 is 0 Å². The molecule has 0 spiro atoms. The first-order valence-corrected chi connectivity index (χ1v) is 11.4. The van der Waals surface area contributed by atoms with Crippen molar-refractivity contribution >= 4 is 45.0 Å². The minimum absolute atomic E-state index is 0.0389. The molecule has 11 heteroatoms. The Morgan fingerprint density at radius 1 is 1.16 bits per heavy atom. The van der Waals surface area contributed by atoms with Gasteiger partial charge < -0.3 is 15.4 Å². The molecule has 0 aromatic heterocycles. The number of ether oxygens (including phenoxy) is 1. The lowest BCUT2D eigenvalue weighted by molar-refractivity contribution is -0.139. The third kappa shape index (κ3) is 5.17. The van der Waals surface area contributed by atoms with Gasteiger partial charge in [-0.1, -0.05) is 35.3 Å². The van der Waals surface area contributed by atoms with Crippen LogP contribution in [0.1, 0.15) is 18.5 Å². The standard InChI is InChI=1S/C20H17Cl2FN2O5S/c1-2-30-19(26)17-16(10-31(28,29)13-7-8-15(23)14(22)9-13)24-20(27)25-18(17)11-3-5-12(21)6-4-11/h3-9,18H,2,10H2,1H3,(H2,24,25,27)/t18-/m0/s1. The van der Waals surface area contributed by atoms with Crippen LogP contribution in [0.25, 0.3) is 0 Å². The number of amides is 2. The Kier molecular flexibility index (Phi) is 6.88. The summed E-state index contributed by atoms with van der Waals surface area (Å²) < 4.78 is 44.4. The molecular weight excluding hydrogens is 470 g/mol. The van der Waals surface area contributed by atoms with Crippen molar-refractivity contribution in [2.75, 3.05) is 12.4 Å². The molecular formula is C20H17Cl2FN2O5S. The second-order valence-electron chi connectivity index (χ2n) is 6.53. The van der Waals surface area contributed by atoms with Crippen molar-refractivity contribution in [2.45, 2.75) is 17.9 Å². The Morgan fingerprint density at radius 3 is 2.45 bits per heavy atom. The van der Waals surface area contributed by atoms with Crippen LogP contribution in [0.5, 0.6) is 0 Å². The van der Waals surface area contributed by atoms with Crippen LogP contribution < -0.4 is 10.6 Å². The summed E-state index contributed by atoms with van der Waals surface area (Å²) in [5.74, 6) is -2.30. The molecule has 0 saturated carbocycles. The summed E-state index contributed by atoms with van der Waals surface area (Å²) in [6, 6.07) is 7.63. The number of urea groups is 1. The van der Waals surface area contributed by atoms with Crippen LogP contribution in [0.2, 0.25) is 10.0 Å². The van der Waals surface area contributed by atoms with Gasteiger partial charge in [0.05, 0.1) is 33.9 Å². The third-order valence-corrected chi connectivity index (χ3v) is 6.62. The van der Waals surface area contributed by atoms with Crippen LogP contribution in [0.3, 0.4) is 0 Å². The van der Waals surface area contributed by atoms with Gasteiger partial charge in [-0.2, -0.15) is 0 Å². The normalized spacial score (nSPS) is 16.5. The number of nitrogens with one attached hydrogen (secondary N) is 2. The van der Waals surface area contributed by atoms with Gasteiger partial charge in [0, 0.05) is 10.7 Å². The summed E-state index contributed by atoms with van der Waals surface area (Å²) in [5, 5.41) is 5.06. The molecule has 164 valence electrons. The molecule has 0 fully saturated rings. The molecule has 1 heterocycles. The van der Waals surface area contributed by atoms with E-state index in [1.807, 2.05) is 0 Å². The fourth-order valence-corrected chi connectivity index (χ4v) is 4.75. The van der Waals surface area contributed by atoms with Crippen molar-refractivity contribution in [1.82, 2.24) is 10.6 Å². The van der Waals surface area contributed by atoms with Crippen LogP contribution in [0, 0.1) is 5.82 Å². The minimum atomic E-state index is -4.10. The number of carbonyl (C=O) groups is 2. The number of sulfone groups is 1. The van der Waals surface area contributed by atoms with E-state index < -0.39 is 39.4 Å². The molecule has 0 unspecified atom stereocenters. The Hall–Kier alpha value is -2.62. The number of rotatable bonds is 6. The summed E-state index contributed by atoms with van der Waals surface area (Å²) in [4.78, 5) is 24.7. The van der Waals surface area contributed by atoms with E-state index in [-0.39, 0.29) is 27.8 Å².